The Hall–Kier alpha value is -3.35. The summed E-state index contributed by atoms with van der Waals surface area (Å²) in [5.41, 5.74) is 2.78. The van der Waals surface area contributed by atoms with Crippen molar-refractivity contribution in [3.63, 3.8) is 0 Å². The lowest BCUT2D eigenvalue weighted by Crippen LogP contribution is -2.43. The van der Waals surface area contributed by atoms with Gasteiger partial charge in [-0.2, -0.15) is 0 Å². The summed E-state index contributed by atoms with van der Waals surface area (Å²) in [7, 11) is 5.14. The molecule has 0 aliphatic heterocycles. The zero-order valence-corrected chi connectivity index (χ0v) is 17.2. The molecule has 2 amide bonds. The molecule has 154 valence electrons. The highest BCUT2D eigenvalue weighted by molar-refractivity contribution is 5.94. The Morgan fingerprint density at radius 2 is 1.66 bits per heavy atom. The van der Waals surface area contributed by atoms with E-state index in [1.54, 1.807) is 26.0 Å². The van der Waals surface area contributed by atoms with Crippen LogP contribution in [0.2, 0.25) is 0 Å². The molecule has 2 aromatic carbocycles. The van der Waals surface area contributed by atoms with Gasteiger partial charge in [0.15, 0.2) is 5.96 Å². The van der Waals surface area contributed by atoms with Crippen molar-refractivity contribution in [1.82, 2.24) is 20.9 Å². The Bertz CT molecular complexity index is 834. The van der Waals surface area contributed by atoms with Crippen LogP contribution < -0.4 is 16.0 Å². The minimum absolute atomic E-state index is 0.0150. The van der Waals surface area contributed by atoms with Crippen LogP contribution >= 0.6 is 0 Å². The lowest BCUT2D eigenvalue weighted by atomic mass is 10.1. The Morgan fingerprint density at radius 3 is 2.34 bits per heavy atom. The summed E-state index contributed by atoms with van der Waals surface area (Å²) in [5, 5.41) is 9.05. The fourth-order valence-corrected chi connectivity index (χ4v) is 2.69. The van der Waals surface area contributed by atoms with Crippen LogP contribution in [0.25, 0.3) is 0 Å². The van der Waals surface area contributed by atoms with E-state index in [2.05, 4.69) is 20.9 Å². The van der Waals surface area contributed by atoms with Gasteiger partial charge in [0, 0.05) is 39.8 Å². The first-order valence-electron chi connectivity index (χ1n) is 9.55. The molecule has 0 heterocycles. The molecule has 0 unspecified atom stereocenters. The number of nitrogens with zero attached hydrogens (tertiary/aromatic N) is 2. The molecule has 0 atom stereocenters. The van der Waals surface area contributed by atoms with Gasteiger partial charge >= 0.3 is 0 Å². The molecule has 0 saturated heterocycles. The van der Waals surface area contributed by atoms with Crippen molar-refractivity contribution >= 4 is 17.8 Å². The maximum atomic E-state index is 12.1. The molecule has 0 aliphatic rings. The highest BCUT2D eigenvalue weighted by atomic mass is 16.2. The minimum atomic E-state index is -0.105. The molecule has 7 nitrogen and oxygen atoms in total. The molecule has 29 heavy (non-hydrogen) atoms. The first-order valence-corrected chi connectivity index (χ1v) is 9.55. The molecule has 0 spiro atoms. The summed E-state index contributed by atoms with van der Waals surface area (Å²) in [6.45, 7) is 1.26. The number of hydrogen-bond acceptors (Lipinski definition) is 3. The van der Waals surface area contributed by atoms with E-state index in [9.17, 15) is 9.59 Å². The van der Waals surface area contributed by atoms with Gasteiger partial charge in [-0.25, -0.2) is 0 Å². The van der Waals surface area contributed by atoms with E-state index in [0.29, 0.717) is 24.6 Å². The molecule has 0 aliphatic carbocycles. The van der Waals surface area contributed by atoms with Crippen molar-refractivity contribution in [3.8, 4) is 0 Å². The highest BCUT2D eigenvalue weighted by Gasteiger charge is 2.08. The number of nitrogens with one attached hydrogen (secondary N) is 3. The van der Waals surface area contributed by atoms with Crippen LogP contribution in [0, 0.1) is 0 Å². The predicted octanol–water partition coefficient (Wildman–Crippen LogP) is 1.41. The number of carbonyl (C=O) groups is 2. The van der Waals surface area contributed by atoms with Crippen molar-refractivity contribution in [2.45, 2.75) is 13.0 Å². The van der Waals surface area contributed by atoms with Gasteiger partial charge in [0.05, 0.1) is 6.54 Å². The normalized spacial score (nSPS) is 10.9. The van der Waals surface area contributed by atoms with Gasteiger partial charge in [0.25, 0.3) is 5.91 Å². The van der Waals surface area contributed by atoms with Crippen LogP contribution in [-0.4, -0.2) is 56.9 Å². The zero-order chi connectivity index (χ0) is 21.1. The van der Waals surface area contributed by atoms with E-state index in [1.165, 1.54) is 0 Å². The maximum absolute atomic E-state index is 12.1. The average Bonchev–Trinajstić information content (AvgIpc) is 2.75. The second-order valence-electron chi connectivity index (χ2n) is 6.76. The molecule has 0 bridgehead atoms. The lowest BCUT2D eigenvalue weighted by molar-refractivity contribution is -0.120. The highest BCUT2D eigenvalue weighted by Crippen LogP contribution is 2.07. The third kappa shape index (κ3) is 7.65. The first-order chi connectivity index (χ1) is 14.0. The first kappa shape index (κ1) is 21.9. The number of rotatable bonds is 8. The van der Waals surface area contributed by atoms with Gasteiger partial charge < -0.3 is 20.9 Å². The van der Waals surface area contributed by atoms with Crippen LogP contribution in [0.4, 0.5) is 0 Å². The second-order valence-corrected chi connectivity index (χ2v) is 6.76. The van der Waals surface area contributed by atoms with E-state index in [4.69, 9.17) is 0 Å². The summed E-state index contributed by atoms with van der Waals surface area (Å²) in [4.78, 5) is 29.8. The van der Waals surface area contributed by atoms with E-state index >= 15 is 0 Å². The van der Waals surface area contributed by atoms with Crippen LogP contribution in [0.3, 0.4) is 0 Å². The largest absolute Gasteiger partial charge is 0.356 e. The van der Waals surface area contributed by atoms with Crippen LogP contribution in [-0.2, 0) is 17.8 Å². The van der Waals surface area contributed by atoms with E-state index < -0.39 is 0 Å². The molecule has 2 aromatic rings. The monoisotopic (exact) mass is 395 g/mol. The quantitative estimate of drug-likeness (QED) is 0.466. The summed E-state index contributed by atoms with van der Waals surface area (Å²) in [6.07, 6.45) is 0.732. The third-order valence-corrected chi connectivity index (χ3v) is 4.26. The van der Waals surface area contributed by atoms with Crippen molar-refractivity contribution < 1.29 is 9.59 Å². The number of benzene rings is 2. The summed E-state index contributed by atoms with van der Waals surface area (Å²) in [6, 6.07) is 17.3. The van der Waals surface area contributed by atoms with Gasteiger partial charge in [-0.05, 0) is 29.7 Å². The van der Waals surface area contributed by atoms with Crippen molar-refractivity contribution in [2.75, 3.05) is 34.2 Å². The number of carbonyl (C=O) groups excluding carboxylic acids is 2. The van der Waals surface area contributed by atoms with Crippen molar-refractivity contribution in [1.29, 1.82) is 0 Å². The van der Waals surface area contributed by atoms with Gasteiger partial charge in [0.1, 0.15) is 0 Å². The zero-order valence-electron chi connectivity index (χ0n) is 17.2. The summed E-state index contributed by atoms with van der Waals surface area (Å²) in [5.74, 6) is 0.436. The van der Waals surface area contributed by atoms with Gasteiger partial charge in [-0.1, -0.05) is 42.5 Å². The Balaban J connectivity index is 1.73. The van der Waals surface area contributed by atoms with Gasteiger partial charge in [-0.3, -0.25) is 14.6 Å². The van der Waals surface area contributed by atoms with Crippen molar-refractivity contribution in [2.24, 2.45) is 4.99 Å². The molecule has 0 aromatic heterocycles. The standard InChI is InChI=1S/C22H29N5O2/c1-23-22(26-16-20(28)25-15-18-8-5-4-6-9-18)24-13-12-17-10-7-11-19(14-17)21(29)27(2)3/h4-11,14H,12-13,15-16H2,1-3H3,(H,25,28)(H2,23,24,26). The fraction of sp³-hybridized carbons (Fsp3) is 0.318. The third-order valence-electron chi connectivity index (χ3n) is 4.26. The Labute approximate surface area is 172 Å². The predicted molar refractivity (Wildman–Crippen MR) is 116 cm³/mol. The second kappa shape index (κ2) is 11.5. The minimum Gasteiger partial charge on any atom is -0.356 e. The van der Waals surface area contributed by atoms with E-state index in [0.717, 1.165) is 17.5 Å². The lowest BCUT2D eigenvalue weighted by Gasteiger charge is -2.13. The number of amides is 2. The topological polar surface area (TPSA) is 85.8 Å². The Kier molecular flexibility index (Phi) is 8.69. The smallest absolute Gasteiger partial charge is 0.253 e. The summed E-state index contributed by atoms with van der Waals surface area (Å²) < 4.78 is 0. The number of aliphatic imine (C=N–C) groups is 1. The Morgan fingerprint density at radius 1 is 0.931 bits per heavy atom. The SMILES string of the molecule is CN=C(NCCc1cccc(C(=O)N(C)C)c1)NCC(=O)NCc1ccccc1. The van der Waals surface area contributed by atoms with Crippen LogP contribution in [0.5, 0.6) is 0 Å². The molecule has 0 fully saturated rings. The molecule has 0 saturated carbocycles. The number of hydrogen-bond donors (Lipinski definition) is 3. The molecule has 7 heteroatoms. The molecule has 2 rings (SSSR count). The molecular weight excluding hydrogens is 366 g/mol. The van der Waals surface area contributed by atoms with Crippen LogP contribution in [0.15, 0.2) is 59.6 Å². The average molecular weight is 396 g/mol. The van der Waals surface area contributed by atoms with E-state index in [-0.39, 0.29) is 18.4 Å². The summed E-state index contributed by atoms with van der Waals surface area (Å²) >= 11 is 0. The maximum Gasteiger partial charge on any atom is 0.253 e. The van der Waals surface area contributed by atoms with Gasteiger partial charge in [-0.15, -0.1) is 0 Å². The van der Waals surface area contributed by atoms with Crippen molar-refractivity contribution in [3.05, 3.63) is 71.3 Å². The van der Waals surface area contributed by atoms with Gasteiger partial charge in [0.2, 0.25) is 5.91 Å². The van der Waals surface area contributed by atoms with Crippen LogP contribution in [0.1, 0.15) is 21.5 Å². The molecular formula is C22H29N5O2. The molecule has 0 radical (unpaired) electrons. The fourth-order valence-electron chi connectivity index (χ4n) is 2.69. The molecule has 3 N–H and O–H groups in total. The van der Waals surface area contributed by atoms with E-state index in [1.807, 2.05) is 54.6 Å². The number of guanidine groups is 1.